The van der Waals surface area contributed by atoms with Crippen molar-refractivity contribution in [1.82, 2.24) is 0 Å². The van der Waals surface area contributed by atoms with E-state index < -0.39 is 0 Å². The molecule has 2 rings (SSSR count). The van der Waals surface area contributed by atoms with Crippen LogP contribution in [0.4, 0.5) is 0 Å². The second-order valence-electron chi connectivity index (χ2n) is 4.98. The van der Waals surface area contributed by atoms with Gasteiger partial charge in [0, 0.05) is 21.8 Å². The molecule has 0 aromatic heterocycles. The maximum atomic E-state index is 5.99. The monoisotopic (exact) mass is 426 g/mol. The highest BCUT2D eigenvalue weighted by molar-refractivity contribution is 9.08. The summed E-state index contributed by atoms with van der Waals surface area (Å²) in [4.78, 5) is 0. The summed E-state index contributed by atoms with van der Waals surface area (Å²) < 4.78 is 11.4. The standard InChI is InChI=1S/C18H20Br2O2/c1-21-17-10-16(13-20)18(11-15(17)12-19)22-9-5-8-14-6-3-2-4-7-14/h2-4,6-7,10-11H,5,8-9,12-13H2,1H3. The molecule has 0 N–H and O–H groups in total. The van der Waals surface area contributed by atoms with Crippen LogP contribution >= 0.6 is 31.9 Å². The van der Waals surface area contributed by atoms with Gasteiger partial charge in [-0.05, 0) is 30.5 Å². The van der Waals surface area contributed by atoms with Crippen LogP contribution < -0.4 is 9.47 Å². The van der Waals surface area contributed by atoms with Crippen molar-refractivity contribution in [3.05, 3.63) is 59.2 Å². The molecule has 0 radical (unpaired) electrons. The number of halogens is 2. The Hall–Kier alpha value is -1.00. The number of hydrogen-bond donors (Lipinski definition) is 0. The zero-order valence-electron chi connectivity index (χ0n) is 12.6. The van der Waals surface area contributed by atoms with Crippen molar-refractivity contribution in [3.8, 4) is 11.5 Å². The van der Waals surface area contributed by atoms with Gasteiger partial charge in [0.1, 0.15) is 11.5 Å². The second kappa shape index (κ2) is 9.21. The van der Waals surface area contributed by atoms with Crippen molar-refractivity contribution in [2.24, 2.45) is 0 Å². The van der Waals surface area contributed by atoms with Gasteiger partial charge >= 0.3 is 0 Å². The summed E-state index contributed by atoms with van der Waals surface area (Å²) in [6.07, 6.45) is 2.04. The summed E-state index contributed by atoms with van der Waals surface area (Å²) in [5.74, 6) is 1.82. The van der Waals surface area contributed by atoms with Crippen LogP contribution in [0.2, 0.25) is 0 Å². The maximum absolute atomic E-state index is 5.99. The van der Waals surface area contributed by atoms with Gasteiger partial charge in [-0.15, -0.1) is 0 Å². The highest BCUT2D eigenvalue weighted by Crippen LogP contribution is 2.32. The molecule has 0 bridgehead atoms. The number of alkyl halides is 2. The SMILES string of the molecule is COc1cc(CBr)c(OCCCc2ccccc2)cc1CBr. The van der Waals surface area contributed by atoms with Crippen LogP contribution in [0.25, 0.3) is 0 Å². The molecule has 0 heterocycles. The molecule has 0 aliphatic carbocycles. The van der Waals surface area contributed by atoms with E-state index in [4.69, 9.17) is 9.47 Å². The second-order valence-corrected chi connectivity index (χ2v) is 6.10. The zero-order chi connectivity index (χ0) is 15.8. The lowest BCUT2D eigenvalue weighted by Gasteiger charge is -2.14. The largest absolute Gasteiger partial charge is 0.496 e. The van der Waals surface area contributed by atoms with Gasteiger partial charge in [0.25, 0.3) is 0 Å². The molecule has 4 heteroatoms. The molecule has 118 valence electrons. The summed E-state index contributed by atoms with van der Waals surface area (Å²) in [6, 6.07) is 14.6. The zero-order valence-corrected chi connectivity index (χ0v) is 15.8. The van der Waals surface area contributed by atoms with Crippen molar-refractivity contribution in [2.45, 2.75) is 23.5 Å². The van der Waals surface area contributed by atoms with E-state index in [9.17, 15) is 0 Å². The Morgan fingerprint density at radius 1 is 0.909 bits per heavy atom. The number of rotatable bonds is 8. The molecule has 0 spiro atoms. The lowest BCUT2D eigenvalue weighted by Crippen LogP contribution is -2.03. The predicted molar refractivity (Wildman–Crippen MR) is 98.5 cm³/mol. The van der Waals surface area contributed by atoms with E-state index in [0.29, 0.717) is 6.61 Å². The van der Waals surface area contributed by atoms with E-state index in [1.165, 1.54) is 5.56 Å². The predicted octanol–water partition coefficient (Wildman–Crippen LogP) is 5.50. The summed E-state index contributed by atoms with van der Waals surface area (Å²) in [5.41, 5.74) is 3.56. The molecule has 0 saturated carbocycles. The molecule has 0 aliphatic rings. The third-order valence-corrected chi connectivity index (χ3v) is 4.67. The van der Waals surface area contributed by atoms with Gasteiger partial charge in [0.2, 0.25) is 0 Å². The fourth-order valence-corrected chi connectivity index (χ4v) is 3.16. The average molecular weight is 428 g/mol. The van der Waals surface area contributed by atoms with Crippen LogP contribution in [0.3, 0.4) is 0 Å². The van der Waals surface area contributed by atoms with E-state index in [0.717, 1.165) is 46.1 Å². The lowest BCUT2D eigenvalue weighted by atomic mass is 10.1. The van der Waals surface area contributed by atoms with E-state index >= 15 is 0 Å². The summed E-state index contributed by atoms with van der Waals surface area (Å²) in [7, 11) is 1.69. The minimum atomic E-state index is 0.711. The first-order valence-corrected chi connectivity index (χ1v) is 9.51. The van der Waals surface area contributed by atoms with Crippen LogP contribution in [0.15, 0.2) is 42.5 Å². The molecule has 0 amide bonds. The minimum Gasteiger partial charge on any atom is -0.496 e. The topological polar surface area (TPSA) is 18.5 Å². The molecular weight excluding hydrogens is 408 g/mol. The average Bonchev–Trinajstić information content (AvgIpc) is 2.58. The Balaban J connectivity index is 1.96. The van der Waals surface area contributed by atoms with Crippen molar-refractivity contribution < 1.29 is 9.47 Å². The van der Waals surface area contributed by atoms with Crippen LogP contribution in [-0.2, 0) is 17.1 Å². The van der Waals surface area contributed by atoms with E-state index in [2.05, 4.69) is 62.2 Å². The fourth-order valence-electron chi connectivity index (χ4n) is 2.28. The van der Waals surface area contributed by atoms with Crippen LogP contribution in [0.5, 0.6) is 11.5 Å². The van der Waals surface area contributed by atoms with Crippen LogP contribution in [0.1, 0.15) is 23.1 Å². The number of ether oxygens (including phenoxy) is 2. The Morgan fingerprint density at radius 2 is 1.55 bits per heavy atom. The first kappa shape index (κ1) is 17.4. The molecule has 0 aliphatic heterocycles. The van der Waals surface area contributed by atoms with E-state index in [1.807, 2.05) is 12.1 Å². The van der Waals surface area contributed by atoms with Gasteiger partial charge < -0.3 is 9.47 Å². The quantitative estimate of drug-likeness (QED) is 0.409. The Bertz CT molecular complexity index is 585. The van der Waals surface area contributed by atoms with Crippen molar-refractivity contribution >= 4 is 31.9 Å². The summed E-state index contributed by atoms with van der Waals surface area (Å²) >= 11 is 7.01. The lowest BCUT2D eigenvalue weighted by molar-refractivity contribution is 0.307. The first-order chi connectivity index (χ1) is 10.8. The smallest absolute Gasteiger partial charge is 0.123 e. The molecular formula is C18H20Br2O2. The fraction of sp³-hybridized carbons (Fsp3) is 0.333. The van der Waals surface area contributed by atoms with Gasteiger partial charge in [-0.1, -0.05) is 62.2 Å². The normalized spacial score (nSPS) is 10.5. The molecule has 0 unspecified atom stereocenters. The van der Waals surface area contributed by atoms with Crippen molar-refractivity contribution in [3.63, 3.8) is 0 Å². The molecule has 0 atom stereocenters. The minimum absolute atomic E-state index is 0.711. The molecule has 0 fully saturated rings. The molecule has 2 aromatic carbocycles. The van der Waals surface area contributed by atoms with Crippen LogP contribution in [-0.4, -0.2) is 13.7 Å². The van der Waals surface area contributed by atoms with Gasteiger partial charge in [-0.2, -0.15) is 0 Å². The van der Waals surface area contributed by atoms with E-state index in [-0.39, 0.29) is 0 Å². The molecule has 22 heavy (non-hydrogen) atoms. The van der Waals surface area contributed by atoms with Crippen LogP contribution in [0, 0.1) is 0 Å². The molecule has 2 aromatic rings. The highest BCUT2D eigenvalue weighted by atomic mass is 79.9. The Kier molecular flexibility index (Phi) is 7.26. The first-order valence-electron chi connectivity index (χ1n) is 7.27. The number of aryl methyl sites for hydroxylation is 1. The highest BCUT2D eigenvalue weighted by Gasteiger charge is 2.10. The van der Waals surface area contributed by atoms with Crippen molar-refractivity contribution in [1.29, 1.82) is 0 Å². The van der Waals surface area contributed by atoms with Gasteiger partial charge in [-0.25, -0.2) is 0 Å². The molecule has 2 nitrogen and oxygen atoms in total. The number of hydrogen-bond acceptors (Lipinski definition) is 2. The Labute approximate surface area is 149 Å². The summed E-state index contributed by atoms with van der Waals surface area (Å²) in [5, 5.41) is 1.50. The number of benzene rings is 2. The number of methoxy groups -OCH3 is 1. The van der Waals surface area contributed by atoms with Gasteiger partial charge in [-0.3, -0.25) is 0 Å². The maximum Gasteiger partial charge on any atom is 0.123 e. The van der Waals surface area contributed by atoms with E-state index in [1.54, 1.807) is 7.11 Å². The third-order valence-electron chi connectivity index (χ3n) is 3.46. The van der Waals surface area contributed by atoms with Crippen molar-refractivity contribution in [2.75, 3.05) is 13.7 Å². The Morgan fingerprint density at radius 3 is 2.18 bits per heavy atom. The molecule has 0 saturated heterocycles. The van der Waals surface area contributed by atoms with Gasteiger partial charge in [0.05, 0.1) is 13.7 Å². The van der Waals surface area contributed by atoms with Gasteiger partial charge in [0.15, 0.2) is 0 Å². The third kappa shape index (κ3) is 4.75. The summed E-state index contributed by atoms with van der Waals surface area (Å²) in [6.45, 7) is 0.711.